The fraction of sp³-hybridized carbons (Fsp3) is 0.348. The summed E-state index contributed by atoms with van der Waals surface area (Å²) >= 11 is 0. The molecule has 3 aromatic rings. The monoisotopic (exact) mass is 374 g/mol. The third kappa shape index (κ3) is 3.84. The molecule has 1 aromatic carbocycles. The van der Waals surface area contributed by atoms with Crippen LogP contribution in [0.5, 0.6) is 0 Å². The summed E-state index contributed by atoms with van der Waals surface area (Å²) in [6.07, 6.45) is 6.59. The van der Waals surface area contributed by atoms with Crippen LogP contribution in [0.1, 0.15) is 58.9 Å². The van der Waals surface area contributed by atoms with Gasteiger partial charge in [0.1, 0.15) is 0 Å². The van der Waals surface area contributed by atoms with E-state index in [0.717, 1.165) is 41.1 Å². The zero-order chi connectivity index (χ0) is 19.5. The molecule has 28 heavy (non-hydrogen) atoms. The Morgan fingerprint density at radius 3 is 2.68 bits per heavy atom. The van der Waals surface area contributed by atoms with E-state index in [-0.39, 0.29) is 5.91 Å². The highest BCUT2D eigenvalue weighted by Gasteiger charge is 2.22. The third-order valence-electron chi connectivity index (χ3n) is 5.44. The predicted octanol–water partition coefficient (Wildman–Crippen LogP) is 4.61. The predicted molar refractivity (Wildman–Crippen MR) is 110 cm³/mol. The van der Waals surface area contributed by atoms with Gasteiger partial charge in [-0.15, -0.1) is 0 Å². The molecule has 5 nitrogen and oxygen atoms in total. The number of hydrogen-bond acceptors (Lipinski definition) is 3. The molecule has 2 aromatic heterocycles. The van der Waals surface area contributed by atoms with Gasteiger partial charge in [0.15, 0.2) is 0 Å². The molecule has 0 radical (unpaired) electrons. The van der Waals surface area contributed by atoms with Gasteiger partial charge < -0.3 is 5.32 Å². The Morgan fingerprint density at radius 2 is 1.96 bits per heavy atom. The van der Waals surface area contributed by atoms with Gasteiger partial charge in [-0.25, -0.2) is 0 Å². The third-order valence-corrected chi connectivity index (χ3v) is 5.44. The molecule has 0 unspecified atom stereocenters. The van der Waals surface area contributed by atoms with Gasteiger partial charge in [0.25, 0.3) is 5.91 Å². The number of carbonyl (C=O) groups is 1. The molecule has 1 amide bonds. The van der Waals surface area contributed by atoms with Crippen molar-refractivity contribution in [1.29, 1.82) is 0 Å². The van der Waals surface area contributed by atoms with Crippen LogP contribution in [0.15, 0.2) is 48.7 Å². The Labute approximate surface area is 165 Å². The van der Waals surface area contributed by atoms with E-state index in [1.54, 1.807) is 0 Å². The highest BCUT2D eigenvalue weighted by molar-refractivity contribution is 5.95. The molecule has 0 bridgehead atoms. The molecule has 1 saturated carbocycles. The van der Waals surface area contributed by atoms with Crippen molar-refractivity contribution in [2.75, 3.05) is 0 Å². The fourth-order valence-electron chi connectivity index (χ4n) is 4.00. The number of rotatable bonds is 5. The van der Waals surface area contributed by atoms with Crippen molar-refractivity contribution in [3.8, 4) is 11.4 Å². The van der Waals surface area contributed by atoms with E-state index in [9.17, 15) is 4.79 Å². The van der Waals surface area contributed by atoms with Crippen molar-refractivity contribution >= 4 is 5.91 Å². The molecule has 1 aliphatic rings. The number of pyridine rings is 1. The number of amides is 1. The first-order valence-corrected chi connectivity index (χ1v) is 9.97. The van der Waals surface area contributed by atoms with Crippen LogP contribution in [0.2, 0.25) is 0 Å². The number of carbonyl (C=O) groups excluding carboxylic acids is 1. The molecule has 0 saturated heterocycles. The highest BCUT2D eigenvalue weighted by Crippen LogP contribution is 2.33. The van der Waals surface area contributed by atoms with Crippen molar-refractivity contribution < 1.29 is 4.79 Å². The quantitative estimate of drug-likeness (QED) is 0.710. The standard InChI is InChI=1S/C23H26N4O/c1-16-10-11-20(17(2)13-16)23(28)25-15-18-14-22(21-9-5-6-12-24-21)27(26-18)19-7-3-4-8-19/h5-6,9-14,19H,3-4,7-8,15H2,1-2H3,(H,25,28). The zero-order valence-electron chi connectivity index (χ0n) is 16.5. The maximum Gasteiger partial charge on any atom is 0.251 e. The summed E-state index contributed by atoms with van der Waals surface area (Å²) < 4.78 is 2.12. The number of hydrogen-bond donors (Lipinski definition) is 1. The first-order chi connectivity index (χ1) is 13.6. The summed E-state index contributed by atoms with van der Waals surface area (Å²) in [5.41, 5.74) is 5.68. The maximum atomic E-state index is 12.6. The lowest BCUT2D eigenvalue weighted by Crippen LogP contribution is -2.24. The Balaban J connectivity index is 1.55. The van der Waals surface area contributed by atoms with E-state index in [4.69, 9.17) is 5.10 Å². The van der Waals surface area contributed by atoms with Crippen molar-refractivity contribution in [2.24, 2.45) is 0 Å². The van der Waals surface area contributed by atoms with Crippen molar-refractivity contribution in [3.05, 3.63) is 71.0 Å². The summed E-state index contributed by atoms with van der Waals surface area (Å²) in [5, 5.41) is 7.86. The Kier molecular flexibility index (Phi) is 5.24. The van der Waals surface area contributed by atoms with Gasteiger partial charge in [0.05, 0.1) is 29.7 Å². The zero-order valence-corrected chi connectivity index (χ0v) is 16.5. The fourth-order valence-corrected chi connectivity index (χ4v) is 4.00. The van der Waals surface area contributed by atoms with E-state index in [0.29, 0.717) is 18.2 Å². The average molecular weight is 374 g/mol. The highest BCUT2D eigenvalue weighted by atomic mass is 16.1. The van der Waals surface area contributed by atoms with E-state index < -0.39 is 0 Å². The topological polar surface area (TPSA) is 59.8 Å². The minimum absolute atomic E-state index is 0.0627. The maximum absolute atomic E-state index is 12.6. The summed E-state index contributed by atoms with van der Waals surface area (Å²) in [6.45, 7) is 4.41. The Bertz CT molecular complexity index is 972. The van der Waals surface area contributed by atoms with Gasteiger partial charge in [-0.3, -0.25) is 14.5 Å². The van der Waals surface area contributed by atoms with Crippen LogP contribution in [0.4, 0.5) is 0 Å². The smallest absolute Gasteiger partial charge is 0.251 e. The van der Waals surface area contributed by atoms with Crippen molar-refractivity contribution in [2.45, 2.75) is 52.1 Å². The SMILES string of the molecule is Cc1ccc(C(=O)NCc2cc(-c3ccccn3)n(C3CCCC3)n2)c(C)c1. The molecule has 144 valence electrons. The number of nitrogens with zero attached hydrogens (tertiary/aromatic N) is 3. The minimum atomic E-state index is -0.0627. The van der Waals surface area contributed by atoms with Gasteiger partial charge in [-0.05, 0) is 56.5 Å². The van der Waals surface area contributed by atoms with Crippen molar-refractivity contribution in [3.63, 3.8) is 0 Å². The number of benzene rings is 1. The molecule has 0 atom stereocenters. The molecule has 0 aliphatic heterocycles. The Morgan fingerprint density at radius 1 is 1.14 bits per heavy atom. The van der Waals surface area contributed by atoms with Gasteiger partial charge in [0.2, 0.25) is 0 Å². The lowest BCUT2D eigenvalue weighted by Gasteiger charge is -2.13. The van der Waals surface area contributed by atoms with E-state index >= 15 is 0 Å². The second-order valence-electron chi connectivity index (χ2n) is 7.62. The summed E-state index contributed by atoms with van der Waals surface area (Å²) in [4.78, 5) is 17.1. The van der Waals surface area contributed by atoms with Gasteiger partial charge in [-0.2, -0.15) is 5.10 Å². The molecule has 0 spiro atoms. The van der Waals surface area contributed by atoms with Crippen LogP contribution < -0.4 is 5.32 Å². The molecular weight excluding hydrogens is 348 g/mol. The summed E-state index contributed by atoms with van der Waals surface area (Å²) in [7, 11) is 0. The molecule has 1 aliphatic carbocycles. The molecule has 4 rings (SSSR count). The minimum Gasteiger partial charge on any atom is -0.346 e. The van der Waals surface area contributed by atoms with Gasteiger partial charge in [0, 0.05) is 11.8 Å². The van der Waals surface area contributed by atoms with Gasteiger partial charge in [-0.1, -0.05) is 36.6 Å². The molecular formula is C23H26N4O. The van der Waals surface area contributed by atoms with E-state index in [1.807, 2.05) is 56.4 Å². The van der Waals surface area contributed by atoms with E-state index in [2.05, 4.69) is 21.0 Å². The molecule has 2 heterocycles. The Hall–Kier alpha value is -2.95. The van der Waals surface area contributed by atoms with Crippen LogP contribution in [0.25, 0.3) is 11.4 Å². The number of nitrogens with one attached hydrogen (secondary N) is 1. The van der Waals surface area contributed by atoms with Crippen LogP contribution in [-0.2, 0) is 6.54 Å². The largest absolute Gasteiger partial charge is 0.346 e. The lowest BCUT2D eigenvalue weighted by molar-refractivity contribution is 0.0949. The normalized spacial score (nSPS) is 14.4. The van der Waals surface area contributed by atoms with Crippen LogP contribution in [-0.4, -0.2) is 20.7 Å². The second-order valence-corrected chi connectivity index (χ2v) is 7.62. The number of aromatic nitrogens is 3. The average Bonchev–Trinajstić information content (AvgIpc) is 3.36. The first-order valence-electron chi connectivity index (χ1n) is 9.97. The molecule has 5 heteroatoms. The van der Waals surface area contributed by atoms with E-state index in [1.165, 1.54) is 12.8 Å². The van der Waals surface area contributed by atoms with Crippen LogP contribution >= 0.6 is 0 Å². The van der Waals surface area contributed by atoms with Crippen molar-refractivity contribution in [1.82, 2.24) is 20.1 Å². The van der Waals surface area contributed by atoms with Gasteiger partial charge >= 0.3 is 0 Å². The molecule has 1 fully saturated rings. The first kappa shape index (κ1) is 18.4. The van der Waals surface area contributed by atoms with Crippen LogP contribution in [0, 0.1) is 13.8 Å². The summed E-state index contributed by atoms with van der Waals surface area (Å²) in [5.74, 6) is -0.0627. The number of aryl methyl sites for hydroxylation is 2. The lowest BCUT2D eigenvalue weighted by atomic mass is 10.1. The molecule has 1 N–H and O–H groups in total. The summed E-state index contributed by atoms with van der Waals surface area (Å²) in [6, 6.07) is 14.3. The second kappa shape index (κ2) is 7.97. The van der Waals surface area contributed by atoms with Crippen LogP contribution in [0.3, 0.4) is 0 Å².